The van der Waals surface area contributed by atoms with Crippen molar-refractivity contribution < 1.29 is 32.3 Å². The molecule has 150 valence electrons. The number of nitrogens with zero attached hydrogens (tertiary/aromatic N) is 1. The minimum atomic E-state index is -5.05. The molecule has 1 aliphatic heterocycles. The largest absolute Gasteiger partial charge is 0.471 e. The standard InChI is InChI=1S/C19H14F3N3O4/c20-19(21,22)18(29)24-14-8-4-1-5-11(14)9-23-15(26)10-25-16(27)12-6-2-3-7-13(12)17(25)28/h1-8H,9-10H2,(H,23,26)(H,24,29). The third kappa shape index (κ3) is 4.26. The first kappa shape index (κ1) is 20.1. The Balaban J connectivity index is 1.63. The third-order valence-electron chi connectivity index (χ3n) is 4.18. The number of rotatable bonds is 5. The van der Waals surface area contributed by atoms with Crippen LogP contribution in [0.1, 0.15) is 26.3 Å². The molecule has 0 radical (unpaired) electrons. The number of imide groups is 1. The highest BCUT2D eigenvalue weighted by atomic mass is 19.4. The average molecular weight is 405 g/mol. The van der Waals surface area contributed by atoms with Crippen molar-refractivity contribution >= 4 is 29.3 Å². The van der Waals surface area contributed by atoms with Crippen LogP contribution in [0.4, 0.5) is 18.9 Å². The summed E-state index contributed by atoms with van der Waals surface area (Å²) in [7, 11) is 0. The predicted octanol–water partition coefficient (Wildman–Crippen LogP) is 2.10. The van der Waals surface area contributed by atoms with Gasteiger partial charge in [-0.3, -0.25) is 24.1 Å². The van der Waals surface area contributed by atoms with Gasteiger partial charge in [0.25, 0.3) is 11.8 Å². The molecule has 7 nitrogen and oxygen atoms in total. The second kappa shape index (κ2) is 7.74. The minimum Gasteiger partial charge on any atom is -0.350 e. The van der Waals surface area contributed by atoms with E-state index >= 15 is 0 Å². The monoisotopic (exact) mass is 405 g/mol. The second-order valence-corrected chi connectivity index (χ2v) is 6.13. The molecule has 29 heavy (non-hydrogen) atoms. The number of hydrogen-bond acceptors (Lipinski definition) is 4. The molecule has 0 spiro atoms. The van der Waals surface area contributed by atoms with Crippen LogP contribution in [0.5, 0.6) is 0 Å². The summed E-state index contributed by atoms with van der Waals surface area (Å²) in [4.78, 5) is 48.6. The van der Waals surface area contributed by atoms with Gasteiger partial charge in [0.1, 0.15) is 6.54 Å². The van der Waals surface area contributed by atoms with E-state index in [2.05, 4.69) is 5.32 Å². The molecule has 1 heterocycles. The molecule has 10 heteroatoms. The summed E-state index contributed by atoms with van der Waals surface area (Å²) < 4.78 is 37.3. The van der Waals surface area contributed by atoms with Gasteiger partial charge in [-0.15, -0.1) is 0 Å². The summed E-state index contributed by atoms with van der Waals surface area (Å²) >= 11 is 0. The van der Waals surface area contributed by atoms with Crippen LogP contribution >= 0.6 is 0 Å². The molecule has 0 bridgehead atoms. The van der Waals surface area contributed by atoms with Crippen LogP contribution < -0.4 is 10.6 Å². The lowest BCUT2D eigenvalue weighted by molar-refractivity contribution is -0.167. The van der Waals surface area contributed by atoms with Crippen molar-refractivity contribution in [2.75, 3.05) is 11.9 Å². The number of halogens is 3. The number of fused-ring (bicyclic) bond motifs is 1. The van der Waals surface area contributed by atoms with Gasteiger partial charge in [-0.25, -0.2) is 0 Å². The van der Waals surface area contributed by atoms with Crippen LogP contribution in [0.15, 0.2) is 48.5 Å². The summed E-state index contributed by atoms with van der Waals surface area (Å²) in [6.45, 7) is -0.750. The fourth-order valence-electron chi connectivity index (χ4n) is 2.77. The first-order valence-electron chi connectivity index (χ1n) is 8.36. The number of amides is 4. The lowest BCUT2D eigenvalue weighted by atomic mass is 10.1. The van der Waals surface area contributed by atoms with E-state index in [1.165, 1.54) is 36.4 Å². The molecule has 2 N–H and O–H groups in total. The Morgan fingerprint density at radius 2 is 1.45 bits per heavy atom. The molecule has 0 atom stereocenters. The lowest BCUT2D eigenvalue weighted by Crippen LogP contribution is -2.40. The maximum absolute atomic E-state index is 12.4. The Morgan fingerprint density at radius 3 is 2.03 bits per heavy atom. The van der Waals surface area contributed by atoms with Gasteiger partial charge in [0.15, 0.2) is 0 Å². The average Bonchev–Trinajstić information content (AvgIpc) is 2.92. The van der Waals surface area contributed by atoms with Crippen LogP contribution in [0.2, 0.25) is 0 Å². The topological polar surface area (TPSA) is 95.6 Å². The number of hydrogen-bond donors (Lipinski definition) is 2. The molecule has 2 aromatic rings. The zero-order valence-corrected chi connectivity index (χ0v) is 14.7. The highest BCUT2D eigenvalue weighted by Crippen LogP contribution is 2.23. The maximum atomic E-state index is 12.4. The van der Waals surface area contributed by atoms with Gasteiger partial charge in [-0.05, 0) is 23.8 Å². The predicted molar refractivity (Wildman–Crippen MR) is 94.8 cm³/mol. The highest BCUT2D eigenvalue weighted by Gasteiger charge is 2.39. The molecule has 3 rings (SSSR count). The van der Waals surface area contributed by atoms with Crippen molar-refractivity contribution in [3.63, 3.8) is 0 Å². The Kier molecular flexibility index (Phi) is 5.35. The fraction of sp³-hybridized carbons (Fsp3) is 0.158. The molecule has 2 aromatic carbocycles. The van der Waals surface area contributed by atoms with E-state index in [-0.39, 0.29) is 28.9 Å². The van der Waals surface area contributed by atoms with Crippen molar-refractivity contribution in [3.8, 4) is 0 Å². The normalized spacial score (nSPS) is 13.3. The second-order valence-electron chi connectivity index (χ2n) is 6.13. The van der Waals surface area contributed by atoms with Crippen LogP contribution in [-0.2, 0) is 16.1 Å². The molecule has 0 unspecified atom stereocenters. The van der Waals surface area contributed by atoms with E-state index in [0.29, 0.717) is 0 Å². The summed E-state index contributed by atoms with van der Waals surface area (Å²) in [6.07, 6.45) is -5.05. The maximum Gasteiger partial charge on any atom is 0.471 e. The van der Waals surface area contributed by atoms with Crippen molar-refractivity contribution in [1.82, 2.24) is 10.2 Å². The zero-order valence-electron chi connectivity index (χ0n) is 14.7. The molecular formula is C19H14F3N3O4. The van der Waals surface area contributed by atoms with E-state index in [9.17, 15) is 32.3 Å². The van der Waals surface area contributed by atoms with Crippen molar-refractivity contribution in [1.29, 1.82) is 0 Å². The van der Waals surface area contributed by atoms with Gasteiger partial charge in [-0.1, -0.05) is 30.3 Å². The van der Waals surface area contributed by atoms with E-state index in [1.54, 1.807) is 17.4 Å². The van der Waals surface area contributed by atoms with Crippen LogP contribution in [-0.4, -0.2) is 41.2 Å². The van der Waals surface area contributed by atoms with Gasteiger partial charge in [0, 0.05) is 12.2 Å². The number of carbonyl (C=O) groups excluding carboxylic acids is 4. The Hall–Kier alpha value is -3.69. The van der Waals surface area contributed by atoms with E-state index in [4.69, 9.17) is 0 Å². The van der Waals surface area contributed by atoms with Gasteiger partial charge in [-0.2, -0.15) is 13.2 Å². The minimum absolute atomic E-state index is 0.115. The molecular weight excluding hydrogens is 391 g/mol. The Labute approximate surface area is 162 Å². The summed E-state index contributed by atoms with van der Waals surface area (Å²) in [6, 6.07) is 11.8. The van der Waals surface area contributed by atoms with Crippen molar-refractivity contribution in [3.05, 3.63) is 65.2 Å². The SMILES string of the molecule is O=C(CN1C(=O)c2ccccc2C1=O)NCc1ccccc1NC(=O)C(F)(F)F. The molecule has 0 saturated heterocycles. The number of carbonyl (C=O) groups is 4. The molecule has 0 aliphatic carbocycles. The Morgan fingerprint density at radius 1 is 0.897 bits per heavy atom. The Bertz CT molecular complexity index is 969. The quantitative estimate of drug-likeness (QED) is 0.745. The van der Waals surface area contributed by atoms with E-state index < -0.39 is 36.3 Å². The van der Waals surface area contributed by atoms with Gasteiger partial charge in [0.2, 0.25) is 5.91 Å². The zero-order chi connectivity index (χ0) is 21.2. The number of nitrogens with one attached hydrogen (secondary N) is 2. The fourth-order valence-corrected chi connectivity index (χ4v) is 2.77. The molecule has 0 aromatic heterocycles. The first-order valence-corrected chi connectivity index (χ1v) is 8.36. The lowest BCUT2D eigenvalue weighted by Gasteiger charge is -2.15. The van der Waals surface area contributed by atoms with Crippen molar-refractivity contribution in [2.24, 2.45) is 0 Å². The smallest absolute Gasteiger partial charge is 0.350 e. The van der Waals surface area contributed by atoms with Gasteiger partial charge >= 0.3 is 12.1 Å². The third-order valence-corrected chi connectivity index (χ3v) is 4.18. The van der Waals surface area contributed by atoms with Crippen molar-refractivity contribution in [2.45, 2.75) is 12.7 Å². The van der Waals surface area contributed by atoms with Gasteiger partial charge < -0.3 is 10.6 Å². The molecule has 1 aliphatic rings. The number of para-hydroxylation sites is 1. The summed E-state index contributed by atoms with van der Waals surface area (Å²) in [5.74, 6) is -4.02. The number of alkyl halides is 3. The first-order chi connectivity index (χ1) is 13.7. The molecule has 4 amide bonds. The van der Waals surface area contributed by atoms with E-state index in [0.717, 1.165) is 4.90 Å². The summed E-state index contributed by atoms with van der Waals surface area (Å²) in [5, 5.41) is 4.17. The van der Waals surface area contributed by atoms with Crippen LogP contribution in [0, 0.1) is 0 Å². The van der Waals surface area contributed by atoms with Crippen LogP contribution in [0.25, 0.3) is 0 Å². The van der Waals surface area contributed by atoms with E-state index in [1.807, 2.05) is 0 Å². The molecule has 0 saturated carbocycles. The molecule has 0 fully saturated rings. The summed E-state index contributed by atoms with van der Waals surface area (Å²) in [5.41, 5.74) is 0.507. The van der Waals surface area contributed by atoms with Crippen LogP contribution in [0.3, 0.4) is 0 Å². The van der Waals surface area contributed by atoms with Gasteiger partial charge in [0.05, 0.1) is 11.1 Å². The number of benzene rings is 2. The highest BCUT2D eigenvalue weighted by molar-refractivity contribution is 6.22. The number of anilines is 1.